The molecule has 0 aromatic heterocycles. The first kappa shape index (κ1) is 8.49. The van der Waals surface area contributed by atoms with Crippen LogP contribution in [0.3, 0.4) is 0 Å². The molecule has 0 aliphatic rings. The van der Waals surface area contributed by atoms with Crippen LogP contribution >= 0.6 is 11.8 Å². The van der Waals surface area contributed by atoms with Crippen molar-refractivity contribution >= 4 is 11.8 Å². The van der Waals surface area contributed by atoms with Gasteiger partial charge in [0, 0.05) is 0 Å². The van der Waals surface area contributed by atoms with Gasteiger partial charge in [0.1, 0.15) is 0 Å². The Bertz CT molecular complexity index is 133. The molecular formula is C5H9NO2S. The van der Waals surface area contributed by atoms with Gasteiger partial charge in [-0.05, 0) is 12.7 Å². The molecule has 0 bridgehead atoms. The number of rotatable bonds is 3. The van der Waals surface area contributed by atoms with Crippen molar-refractivity contribution in [3.63, 3.8) is 0 Å². The fourth-order valence-electron chi connectivity index (χ4n) is 0.413. The third-order valence-corrected chi connectivity index (χ3v) is 1.51. The van der Waals surface area contributed by atoms with Gasteiger partial charge >= 0.3 is 0 Å². The molecule has 0 aliphatic carbocycles. The normalized spacial score (nSPS) is 11.6. The maximum Gasteiger partial charge on any atom is 0.243 e. The average Bonchev–Trinajstić information content (AvgIpc) is 1.63. The second-order valence-corrected chi connectivity index (χ2v) is 2.97. The zero-order chi connectivity index (χ0) is 7.28. The first-order valence-electron chi connectivity index (χ1n) is 2.61. The Kier molecular flexibility index (Phi) is 4.13. The summed E-state index contributed by atoms with van der Waals surface area (Å²) in [7, 11) is 0. The maximum atomic E-state index is 9.80. The lowest BCUT2D eigenvalue weighted by atomic mass is 10.7. The Morgan fingerprint density at radius 3 is 2.78 bits per heavy atom. The van der Waals surface area contributed by atoms with Crippen LogP contribution in [0.4, 0.5) is 0 Å². The summed E-state index contributed by atoms with van der Waals surface area (Å²) in [4.78, 5) is 10.1. The number of thioether (sulfide) groups is 1. The van der Waals surface area contributed by atoms with Crippen molar-refractivity contribution in [2.75, 3.05) is 5.75 Å². The van der Waals surface area contributed by atoms with E-state index in [1.54, 1.807) is 6.92 Å². The van der Waals surface area contributed by atoms with E-state index in [1.165, 1.54) is 11.8 Å². The molecule has 0 saturated heterocycles. The summed E-state index contributed by atoms with van der Waals surface area (Å²) in [6.07, 6.45) is 1.02. The van der Waals surface area contributed by atoms with Gasteiger partial charge < -0.3 is 0 Å². The highest BCUT2D eigenvalue weighted by atomic mass is 32.2. The number of nitrogens with zero attached hydrogens (tertiary/aromatic N) is 1. The first-order chi connectivity index (χ1) is 4.16. The largest absolute Gasteiger partial charge is 0.259 e. The van der Waals surface area contributed by atoms with E-state index in [-0.39, 0.29) is 0 Å². The van der Waals surface area contributed by atoms with E-state index < -0.39 is 4.92 Å². The van der Waals surface area contributed by atoms with Gasteiger partial charge in [-0.2, -0.15) is 0 Å². The molecule has 0 aliphatic heterocycles. The number of hydrogen-bond acceptors (Lipinski definition) is 3. The van der Waals surface area contributed by atoms with Crippen molar-refractivity contribution in [1.82, 2.24) is 0 Å². The summed E-state index contributed by atoms with van der Waals surface area (Å²) in [5.74, 6) is 0.885. The summed E-state index contributed by atoms with van der Waals surface area (Å²) in [6.45, 7) is 3.69. The minimum Gasteiger partial charge on any atom is -0.259 e. The molecule has 0 saturated carbocycles. The van der Waals surface area contributed by atoms with Gasteiger partial charge in [0.25, 0.3) is 0 Å². The molecule has 0 aromatic carbocycles. The quantitative estimate of drug-likeness (QED) is 0.452. The Morgan fingerprint density at radius 2 is 2.44 bits per heavy atom. The standard InChI is InChI=1S/C5H9NO2S/c1-3-9-5(2)4-6(7)8/h4H,3H2,1-2H3. The van der Waals surface area contributed by atoms with Crippen molar-refractivity contribution in [2.24, 2.45) is 0 Å². The lowest BCUT2D eigenvalue weighted by Gasteiger charge is -1.89. The van der Waals surface area contributed by atoms with Crippen LogP contribution in [-0.4, -0.2) is 10.7 Å². The van der Waals surface area contributed by atoms with E-state index in [9.17, 15) is 10.1 Å². The molecule has 0 radical (unpaired) electrons. The van der Waals surface area contributed by atoms with E-state index in [2.05, 4.69) is 0 Å². The van der Waals surface area contributed by atoms with E-state index >= 15 is 0 Å². The maximum absolute atomic E-state index is 9.80. The third kappa shape index (κ3) is 5.36. The summed E-state index contributed by atoms with van der Waals surface area (Å²) < 4.78 is 0. The van der Waals surface area contributed by atoms with Gasteiger partial charge in [-0.25, -0.2) is 0 Å². The first-order valence-corrected chi connectivity index (χ1v) is 3.60. The van der Waals surface area contributed by atoms with Crippen LogP contribution in [0.25, 0.3) is 0 Å². The van der Waals surface area contributed by atoms with Gasteiger partial charge in [-0.15, -0.1) is 11.8 Å². The second kappa shape index (κ2) is 4.38. The number of nitro groups is 1. The van der Waals surface area contributed by atoms with E-state index in [4.69, 9.17) is 0 Å². The van der Waals surface area contributed by atoms with Gasteiger partial charge in [0.2, 0.25) is 6.20 Å². The van der Waals surface area contributed by atoms with Crippen molar-refractivity contribution < 1.29 is 4.92 Å². The van der Waals surface area contributed by atoms with Crippen LogP contribution in [0.15, 0.2) is 11.1 Å². The topological polar surface area (TPSA) is 43.1 Å². The molecule has 52 valence electrons. The van der Waals surface area contributed by atoms with E-state index in [1.807, 2.05) is 6.92 Å². The lowest BCUT2D eigenvalue weighted by Crippen LogP contribution is -1.84. The van der Waals surface area contributed by atoms with Crippen LogP contribution in [0.2, 0.25) is 0 Å². The van der Waals surface area contributed by atoms with Crippen molar-refractivity contribution in [3.8, 4) is 0 Å². The van der Waals surface area contributed by atoms with E-state index in [0.29, 0.717) is 0 Å². The Balaban J connectivity index is 3.69. The van der Waals surface area contributed by atoms with Gasteiger partial charge in [-0.1, -0.05) is 6.92 Å². The molecule has 0 spiro atoms. The van der Waals surface area contributed by atoms with Crippen molar-refractivity contribution in [2.45, 2.75) is 13.8 Å². The molecule has 0 fully saturated rings. The number of allylic oxidation sites excluding steroid dienone is 1. The molecule has 4 heteroatoms. The molecule has 0 atom stereocenters. The zero-order valence-electron chi connectivity index (χ0n) is 5.46. The molecule has 0 heterocycles. The van der Waals surface area contributed by atoms with Gasteiger partial charge in [0.05, 0.1) is 9.83 Å². The summed E-state index contributed by atoms with van der Waals surface area (Å²) in [5.41, 5.74) is 0. The smallest absolute Gasteiger partial charge is 0.243 e. The average molecular weight is 147 g/mol. The van der Waals surface area contributed by atoms with Gasteiger partial charge in [-0.3, -0.25) is 10.1 Å². The Labute approximate surface area is 58.3 Å². The molecule has 3 nitrogen and oxygen atoms in total. The van der Waals surface area contributed by atoms with Crippen LogP contribution in [0.5, 0.6) is 0 Å². The van der Waals surface area contributed by atoms with Crippen LogP contribution in [0.1, 0.15) is 13.8 Å². The lowest BCUT2D eigenvalue weighted by molar-refractivity contribution is -0.402. The minimum absolute atomic E-state index is 0.433. The highest BCUT2D eigenvalue weighted by Gasteiger charge is 1.92. The molecular weight excluding hydrogens is 138 g/mol. The monoisotopic (exact) mass is 147 g/mol. The molecule has 0 rings (SSSR count). The molecule has 0 amide bonds. The minimum atomic E-state index is -0.433. The predicted octanol–water partition coefficient (Wildman–Crippen LogP) is 1.88. The molecule has 0 aromatic rings. The van der Waals surface area contributed by atoms with Crippen LogP contribution in [0, 0.1) is 10.1 Å². The Morgan fingerprint density at radius 1 is 1.89 bits per heavy atom. The molecule has 9 heavy (non-hydrogen) atoms. The highest BCUT2D eigenvalue weighted by molar-refractivity contribution is 8.02. The molecule has 0 unspecified atom stereocenters. The fraction of sp³-hybridized carbons (Fsp3) is 0.600. The van der Waals surface area contributed by atoms with E-state index in [0.717, 1.165) is 16.9 Å². The van der Waals surface area contributed by atoms with Crippen molar-refractivity contribution in [1.29, 1.82) is 0 Å². The Hall–Kier alpha value is -0.510. The van der Waals surface area contributed by atoms with Crippen LogP contribution in [-0.2, 0) is 0 Å². The van der Waals surface area contributed by atoms with Crippen LogP contribution < -0.4 is 0 Å². The predicted molar refractivity (Wildman–Crippen MR) is 38.9 cm³/mol. The fourth-order valence-corrected chi connectivity index (χ4v) is 1.03. The van der Waals surface area contributed by atoms with Crippen molar-refractivity contribution in [3.05, 3.63) is 21.2 Å². The highest BCUT2D eigenvalue weighted by Crippen LogP contribution is 2.12. The summed E-state index contributed by atoms with van der Waals surface area (Å²) >= 11 is 1.48. The zero-order valence-corrected chi connectivity index (χ0v) is 6.27. The van der Waals surface area contributed by atoms with Gasteiger partial charge in [0.15, 0.2) is 0 Å². The molecule has 0 N–H and O–H groups in total. The number of hydrogen-bond donors (Lipinski definition) is 0. The SMILES string of the molecule is CCSC(C)=C[N+](=O)[O-]. The second-order valence-electron chi connectivity index (χ2n) is 1.46. The third-order valence-electron chi connectivity index (χ3n) is 0.659. The summed E-state index contributed by atoms with van der Waals surface area (Å²) in [5, 5.41) is 9.80. The summed E-state index contributed by atoms with van der Waals surface area (Å²) in [6, 6.07) is 0.